The summed E-state index contributed by atoms with van der Waals surface area (Å²) in [6.45, 7) is 24.6. The van der Waals surface area contributed by atoms with Crippen LogP contribution >= 0.6 is 15.9 Å². The van der Waals surface area contributed by atoms with Crippen LogP contribution in [0.15, 0.2) is 79.1 Å². The van der Waals surface area contributed by atoms with E-state index in [0.717, 1.165) is 67.0 Å². The van der Waals surface area contributed by atoms with Crippen LogP contribution in [0.5, 0.6) is 0 Å². The fourth-order valence-electron chi connectivity index (χ4n) is 9.84. The number of pyridine rings is 2. The molecule has 7 heterocycles. The van der Waals surface area contributed by atoms with Crippen molar-refractivity contribution in [2.75, 3.05) is 31.5 Å². The summed E-state index contributed by atoms with van der Waals surface area (Å²) in [5.41, 5.74) is 4.99. The van der Waals surface area contributed by atoms with Gasteiger partial charge in [0.25, 0.3) is 5.91 Å². The topological polar surface area (TPSA) is 261 Å². The number of amides is 6. The minimum absolute atomic E-state index is 0.0145. The number of para-hydroxylation sites is 2. The van der Waals surface area contributed by atoms with Crippen LogP contribution in [0.1, 0.15) is 160 Å². The molecule has 3 saturated heterocycles. The van der Waals surface area contributed by atoms with Crippen LogP contribution in [0, 0.1) is 29.6 Å². The van der Waals surface area contributed by atoms with E-state index in [4.69, 9.17) is 9.47 Å². The molecule has 3 unspecified atom stereocenters. The molecule has 2 aromatic carbocycles. The van der Waals surface area contributed by atoms with Gasteiger partial charge in [-0.2, -0.15) is 0 Å². The van der Waals surface area contributed by atoms with Crippen molar-refractivity contribution in [2.24, 2.45) is 29.6 Å². The van der Waals surface area contributed by atoms with Crippen molar-refractivity contribution in [3.8, 4) is 11.3 Å². The highest BCUT2D eigenvalue weighted by molar-refractivity contribution is 9.09. The molecule has 3 atom stereocenters. The summed E-state index contributed by atoms with van der Waals surface area (Å²) in [5.74, 6) is 0.531. The van der Waals surface area contributed by atoms with E-state index in [9.17, 15) is 47.9 Å². The molecule has 19 nitrogen and oxygen atoms in total. The number of carbonyl (C=O) groups excluding carboxylic acids is 10. The molecular weight excluding hydrogens is 1140 g/mol. The maximum absolute atomic E-state index is 12.3. The van der Waals surface area contributed by atoms with Crippen LogP contribution in [0.4, 0.5) is 9.59 Å². The summed E-state index contributed by atoms with van der Waals surface area (Å²) < 4.78 is 10.2. The van der Waals surface area contributed by atoms with E-state index in [2.05, 4.69) is 87.4 Å². The van der Waals surface area contributed by atoms with E-state index in [1.165, 1.54) is 0 Å². The number of H-pyrrole nitrogens is 1. The molecule has 4 aliphatic rings. The average molecular weight is 1220 g/mol. The number of piperidine rings is 3. The van der Waals surface area contributed by atoms with Gasteiger partial charge in [-0.15, -0.1) is 0 Å². The number of hydrogen-bond donors (Lipinski definition) is 3. The minimum Gasteiger partial charge on any atom is -0.443 e. The molecule has 0 aliphatic carbocycles. The molecule has 0 saturated carbocycles. The maximum atomic E-state index is 12.3. The van der Waals surface area contributed by atoms with Gasteiger partial charge < -0.3 is 25.1 Å². The van der Waals surface area contributed by atoms with E-state index in [-0.39, 0.29) is 85.6 Å². The van der Waals surface area contributed by atoms with E-state index in [0.29, 0.717) is 54.1 Å². The molecule has 6 amide bonds. The van der Waals surface area contributed by atoms with Gasteiger partial charge in [-0.1, -0.05) is 99.9 Å². The highest BCUT2D eigenvalue weighted by atomic mass is 79.9. The number of ketones is 4. The molecule has 9 rings (SSSR count). The quantitative estimate of drug-likeness (QED) is 0.0704. The third-order valence-electron chi connectivity index (χ3n) is 13.6. The van der Waals surface area contributed by atoms with Crippen LogP contribution < -0.4 is 10.6 Å². The first-order valence-electron chi connectivity index (χ1n) is 28.6. The molecular formula is C64H82BrN7O12. The number of nitrogens with one attached hydrogen (secondary N) is 3. The van der Waals surface area contributed by atoms with Gasteiger partial charge in [-0.25, -0.2) is 19.4 Å². The van der Waals surface area contributed by atoms with Crippen molar-refractivity contribution >= 4 is 96.7 Å². The fourth-order valence-corrected chi connectivity index (χ4v) is 10.1. The molecule has 0 spiro atoms. The minimum atomic E-state index is -0.667. The van der Waals surface area contributed by atoms with Crippen molar-refractivity contribution in [1.82, 2.24) is 35.4 Å². The standard InChI is InChI=1S/C20H21N3O.C14H23NO4.C11H8BrNO.C10H15NO4.C9H15NO2/c1-12(2)9-14-11-22-20(24)16-10-17(23-19(14)16)15-7-3-5-13-6-4-8-21-18(13)15;1-9(2)6-10-8-15(12(17)7-11(10)16)13(18)19-14(3,4)5;12-7-10(14)9-5-1-3-8-4-2-6-13-11(8)9;1-10(2,3)15-9(14)11-5-4-7(12)6-8(11)13;1-6(2)3-7-5-10-9(12)4-8(7)11/h3-8,10,12,14,23H,9,11H2,1-2H3,(H,22,24);9-10H,6-8H2,1-5H3;1-6H,7H2;4-6H2,1-3H3;6-7H,3-5H2,1-2H3,(H,10,12). The highest BCUT2D eigenvalue weighted by Crippen LogP contribution is 2.35. The van der Waals surface area contributed by atoms with Gasteiger partial charge in [0.15, 0.2) is 5.78 Å². The zero-order valence-corrected chi connectivity index (χ0v) is 52.1. The third-order valence-corrected chi connectivity index (χ3v) is 14.1. The number of rotatable bonds is 9. The molecule has 20 heteroatoms. The first-order valence-corrected chi connectivity index (χ1v) is 29.8. The summed E-state index contributed by atoms with van der Waals surface area (Å²) in [6.07, 6.45) is 4.74. The van der Waals surface area contributed by atoms with Crippen LogP contribution in [0.2, 0.25) is 0 Å². The van der Waals surface area contributed by atoms with Gasteiger partial charge in [0.05, 0.1) is 41.2 Å². The lowest BCUT2D eigenvalue weighted by Gasteiger charge is -2.32. The van der Waals surface area contributed by atoms with Gasteiger partial charge >= 0.3 is 12.2 Å². The third kappa shape index (κ3) is 20.1. The number of alkyl halides is 1. The van der Waals surface area contributed by atoms with Gasteiger partial charge in [0.2, 0.25) is 17.7 Å². The van der Waals surface area contributed by atoms with Gasteiger partial charge in [-0.05, 0) is 103 Å². The Labute approximate surface area is 500 Å². The Morgan fingerprint density at radius 2 is 1.13 bits per heavy atom. The number of imide groups is 2. The average Bonchev–Trinajstić information content (AvgIpc) is 2.77. The molecule has 84 heavy (non-hydrogen) atoms. The van der Waals surface area contributed by atoms with E-state index < -0.39 is 35.2 Å². The normalized spacial score (nSPS) is 18.0. The first kappa shape index (κ1) is 67.3. The van der Waals surface area contributed by atoms with Crippen molar-refractivity contribution in [3.05, 3.63) is 95.9 Å². The largest absolute Gasteiger partial charge is 0.443 e. The SMILES string of the molecule is CC(C)(C)OC(=O)N1CCC(=O)CC1=O.CC(C)CC1CN(C(=O)OC(C)(C)C)C(=O)CC1=O.CC(C)CC1CNC(=O)CC1=O.CC(C)CC1CNC(=O)c2cc(-c3cccc4cccnc34)[nH]c21.O=C(CBr)c1cccc2cccnc12. The van der Waals surface area contributed by atoms with Gasteiger partial charge in [-0.3, -0.25) is 48.3 Å². The van der Waals surface area contributed by atoms with Crippen LogP contribution in [0.3, 0.4) is 0 Å². The number of Topliss-reactive ketones (excluding diaryl/α,β-unsaturated/α-hetero) is 4. The van der Waals surface area contributed by atoms with Crippen LogP contribution in [-0.2, 0) is 38.2 Å². The summed E-state index contributed by atoms with van der Waals surface area (Å²) in [5, 5.41) is 8.17. The predicted octanol–water partition coefficient (Wildman–Crippen LogP) is 11.2. The second kappa shape index (κ2) is 30.4. The Morgan fingerprint density at radius 1 is 0.619 bits per heavy atom. The summed E-state index contributed by atoms with van der Waals surface area (Å²) in [7, 11) is 0. The number of carbonyl (C=O) groups is 10. The van der Waals surface area contributed by atoms with E-state index >= 15 is 0 Å². The number of aromatic amines is 1. The van der Waals surface area contributed by atoms with Crippen molar-refractivity contribution in [3.63, 3.8) is 0 Å². The Kier molecular flexibility index (Phi) is 24.3. The van der Waals surface area contributed by atoms with Crippen LogP contribution in [-0.4, -0.2) is 126 Å². The molecule has 3 fully saturated rings. The summed E-state index contributed by atoms with van der Waals surface area (Å²) in [4.78, 5) is 129. The van der Waals surface area contributed by atoms with Crippen molar-refractivity contribution in [2.45, 2.75) is 145 Å². The van der Waals surface area contributed by atoms with Crippen molar-refractivity contribution in [1.29, 1.82) is 0 Å². The van der Waals surface area contributed by atoms with E-state index in [1.807, 2.05) is 62.5 Å². The molecule has 452 valence electrons. The zero-order chi connectivity index (χ0) is 62.2. The predicted molar refractivity (Wildman–Crippen MR) is 324 cm³/mol. The lowest BCUT2D eigenvalue weighted by atomic mass is 9.88. The number of hydrogen-bond acceptors (Lipinski definition) is 14. The molecule has 3 N–H and O–H groups in total. The smallest absolute Gasteiger partial charge is 0.417 e. The monoisotopic (exact) mass is 1220 g/mol. The number of nitrogens with zero attached hydrogens (tertiary/aromatic N) is 4. The number of halogens is 1. The highest BCUT2D eigenvalue weighted by Gasteiger charge is 2.38. The van der Waals surface area contributed by atoms with Gasteiger partial charge in [0, 0.05) is 96.0 Å². The lowest BCUT2D eigenvalue weighted by Crippen LogP contribution is -2.49. The summed E-state index contributed by atoms with van der Waals surface area (Å²) in [6, 6.07) is 21.6. The fraction of sp³-hybridized carbons (Fsp3) is 0.500. The van der Waals surface area contributed by atoms with Crippen molar-refractivity contribution < 1.29 is 57.4 Å². The number of likely N-dealkylation sites (tertiary alicyclic amines) is 2. The Bertz CT molecular complexity index is 3200. The second-order valence-electron chi connectivity index (χ2n) is 24.6. The number of ether oxygens (including phenoxy) is 2. The Morgan fingerprint density at radius 3 is 1.70 bits per heavy atom. The lowest BCUT2D eigenvalue weighted by molar-refractivity contribution is -0.142. The molecule has 5 aromatic rings. The molecule has 3 aromatic heterocycles. The first-order chi connectivity index (χ1) is 39.4. The number of fused-ring (bicyclic) bond motifs is 3. The summed E-state index contributed by atoms with van der Waals surface area (Å²) >= 11 is 3.16. The molecule has 4 aliphatic heterocycles. The Balaban J connectivity index is 0.000000197. The van der Waals surface area contributed by atoms with Gasteiger partial charge in [0.1, 0.15) is 28.6 Å². The number of benzene rings is 2. The second-order valence-corrected chi connectivity index (χ2v) is 25.1. The zero-order valence-electron chi connectivity index (χ0n) is 50.5. The molecule has 0 bridgehead atoms. The maximum Gasteiger partial charge on any atom is 0.417 e. The molecule has 0 radical (unpaired) electrons. The van der Waals surface area contributed by atoms with E-state index in [1.54, 1.807) is 53.8 Å². The van der Waals surface area contributed by atoms with Crippen LogP contribution in [0.25, 0.3) is 33.1 Å². The Hall–Kier alpha value is -7.48. The number of aromatic nitrogens is 3.